The quantitative estimate of drug-likeness (QED) is 0.226. The lowest BCUT2D eigenvalue weighted by Gasteiger charge is -2.37. The summed E-state index contributed by atoms with van der Waals surface area (Å²) in [6.07, 6.45) is 8.00. The molecule has 186 valence electrons. The topological polar surface area (TPSA) is 63.3 Å². The van der Waals surface area contributed by atoms with Gasteiger partial charge in [0.1, 0.15) is 17.6 Å². The third kappa shape index (κ3) is 4.53. The number of hydrogen-bond acceptors (Lipinski definition) is 4. The number of ether oxygens (including phenoxy) is 2. The number of allylic oxidation sites excluding steroid dienone is 2. The van der Waals surface area contributed by atoms with Crippen LogP contribution in [0.25, 0.3) is 22.2 Å². The molecule has 1 amide bonds. The van der Waals surface area contributed by atoms with Crippen LogP contribution in [0, 0.1) is 5.92 Å². The van der Waals surface area contributed by atoms with Crippen molar-refractivity contribution in [3.05, 3.63) is 103 Å². The summed E-state index contributed by atoms with van der Waals surface area (Å²) in [5, 5.41) is 4.40. The minimum atomic E-state index is -0.274. The predicted molar refractivity (Wildman–Crippen MR) is 149 cm³/mol. The van der Waals surface area contributed by atoms with Crippen LogP contribution in [0.15, 0.2) is 102 Å². The van der Waals surface area contributed by atoms with Crippen LogP contribution in [0.4, 0.5) is 0 Å². The first kappa shape index (κ1) is 23.5. The second-order valence-electron chi connectivity index (χ2n) is 9.19. The molecular formula is C31H28N2O3S. The van der Waals surface area contributed by atoms with E-state index >= 15 is 0 Å². The van der Waals surface area contributed by atoms with Gasteiger partial charge in [0.2, 0.25) is 5.91 Å². The Balaban J connectivity index is 1.18. The Morgan fingerprint density at radius 3 is 2.65 bits per heavy atom. The second-order valence-corrected chi connectivity index (χ2v) is 10.3. The predicted octanol–water partition coefficient (Wildman–Crippen LogP) is 6.34. The summed E-state index contributed by atoms with van der Waals surface area (Å²) in [4.78, 5) is 18.3. The van der Waals surface area contributed by atoms with Crippen molar-refractivity contribution in [2.24, 2.45) is 5.92 Å². The van der Waals surface area contributed by atoms with E-state index in [0.717, 1.165) is 39.6 Å². The van der Waals surface area contributed by atoms with Crippen LogP contribution in [-0.2, 0) is 4.79 Å². The summed E-state index contributed by atoms with van der Waals surface area (Å²) in [7, 11) is 1.67. The number of rotatable bonds is 7. The number of amides is 1. The Morgan fingerprint density at radius 2 is 1.78 bits per heavy atom. The number of carbonyl (C=O) groups is 1. The van der Waals surface area contributed by atoms with E-state index in [9.17, 15) is 4.79 Å². The maximum Gasteiger partial charge on any atom is 0.228 e. The fourth-order valence-corrected chi connectivity index (χ4v) is 6.26. The average molecular weight is 509 g/mol. The SMILES string of the molecule is COc1ccc(-c2[nH]c3ccccc3c2SCCNC(=O)[C@@H]2c3ccccc3O[C@H]3C=CC=C[C@@H]32)cc1. The van der Waals surface area contributed by atoms with Gasteiger partial charge in [0, 0.05) is 39.6 Å². The Hall–Kier alpha value is -3.90. The maximum atomic E-state index is 13.5. The van der Waals surface area contributed by atoms with Crippen LogP contribution in [0.5, 0.6) is 11.5 Å². The monoisotopic (exact) mass is 508 g/mol. The third-order valence-corrected chi connectivity index (χ3v) is 8.11. The summed E-state index contributed by atoms with van der Waals surface area (Å²) in [6, 6.07) is 24.3. The van der Waals surface area contributed by atoms with E-state index in [-0.39, 0.29) is 23.8 Å². The van der Waals surface area contributed by atoms with Crippen LogP contribution >= 0.6 is 11.8 Å². The van der Waals surface area contributed by atoms with Crippen LogP contribution in [0.2, 0.25) is 0 Å². The van der Waals surface area contributed by atoms with E-state index in [2.05, 4.69) is 46.7 Å². The molecule has 1 aliphatic carbocycles. The lowest BCUT2D eigenvalue weighted by atomic mass is 9.77. The fourth-order valence-electron chi connectivity index (χ4n) is 5.20. The van der Waals surface area contributed by atoms with Crippen LogP contribution in [-0.4, -0.2) is 36.4 Å². The number of fused-ring (bicyclic) bond motifs is 3. The number of benzene rings is 3. The number of nitrogens with one attached hydrogen (secondary N) is 2. The summed E-state index contributed by atoms with van der Waals surface area (Å²) >= 11 is 1.76. The highest BCUT2D eigenvalue weighted by molar-refractivity contribution is 7.99. The first-order valence-electron chi connectivity index (χ1n) is 12.5. The number of carbonyl (C=O) groups excluding carboxylic acids is 1. The average Bonchev–Trinajstić information content (AvgIpc) is 3.32. The molecular weight excluding hydrogens is 480 g/mol. The van der Waals surface area contributed by atoms with Crippen molar-refractivity contribution in [3.63, 3.8) is 0 Å². The van der Waals surface area contributed by atoms with Crippen molar-refractivity contribution < 1.29 is 14.3 Å². The van der Waals surface area contributed by atoms with Gasteiger partial charge in [-0.1, -0.05) is 54.6 Å². The van der Waals surface area contributed by atoms with E-state index in [1.165, 1.54) is 10.3 Å². The maximum absolute atomic E-state index is 13.5. The van der Waals surface area contributed by atoms with E-state index in [1.54, 1.807) is 18.9 Å². The van der Waals surface area contributed by atoms with E-state index in [4.69, 9.17) is 9.47 Å². The number of H-pyrrole nitrogens is 1. The van der Waals surface area contributed by atoms with Gasteiger partial charge in [0.15, 0.2) is 0 Å². The summed E-state index contributed by atoms with van der Waals surface area (Å²) in [5.74, 6) is 2.14. The zero-order valence-electron chi connectivity index (χ0n) is 20.5. The highest BCUT2D eigenvalue weighted by Gasteiger charge is 2.40. The van der Waals surface area contributed by atoms with E-state index < -0.39 is 0 Å². The molecule has 1 aliphatic heterocycles. The first-order valence-corrected chi connectivity index (χ1v) is 13.5. The summed E-state index contributed by atoms with van der Waals surface area (Å²) in [6.45, 7) is 0.571. The van der Waals surface area contributed by atoms with Gasteiger partial charge in [-0.2, -0.15) is 0 Å². The molecule has 0 spiro atoms. The highest BCUT2D eigenvalue weighted by Crippen LogP contribution is 2.42. The standard InChI is InChI=1S/C31H28N2O3S/c1-35-21-16-14-20(15-17-21)29-30(22-8-2-5-11-25(22)33-29)37-19-18-32-31(34)28-23-9-3-6-12-26(23)36-27-13-7-4-10-24(27)28/h2-17,23,26,28,33H,18-19H2,1H3,(H,32,34)/t23-,26-,28-/m0/s1. The molecule has 0 radical (unpaired) electrons. The summed E-state index contributed by atoms with van der Waals surface area (Å²) in [5.41, 5.74) is 4.24. The van der Waals surface area contributed by atoms with E-state index in [0.29, 0.717) is 6.54 Å². The minimum absolute atomic E-state index is 0.0113. The van der Waals surface area contributed by atoms with Gasteiger partial charge < -0.3 is 19.8 Å². The zero-order chi connectivity index (χ0) is 25.2. The number of aromatic amines is 1. The molecule has 3 aromatic carbocycles. The first-order chi connectivity index (χ1) is 18.2. The molecule has 0 saturated carbocycles. The minimum Gasteiger partial charge on any atom is -0.497 e. The second kappa shape index (κ2) is 10.2. The van der Waals surface area contributed by atoms with Crippen LogP contribution in [0.3, 0.4) is 0 Å². The summed E-state index contributed by atoms with van der Waals surface area (Å²) < 4.78 is 11.5. The molecule has 1 aromatic heterocycles. The van der Waals surface area contributed by atoms with Gasteiger partial charge in [0.25, 0.3) is 0 Å². The number of aromatic nitrogens is 1. The van der Waals surface area contributed by atoms with Gasteiger partial charge in [-0.25, -0.2) is 0 Å². The van der Waals surface area contributed by atoms with Crippen LogP contribution in [0.1, 0.15) is 11.5 Å². The van der Waals surface area contributed by atoms with E-state index in [1.807, 2.05) is 60.7 Å². The lowest BCUT2D eigenvalue weighted by molar-refractivity contribution is -0.124. The Labute approximate surface area is 220 Å². The van der Waals surface area contributed by atoms with Crippen molar-refractivity contribution in [1.29, 1.82) is 0 Å². The lowest BCUT2D eigenvalue weighted by Crippen LogP contribution is -2.42. The van der Waals surface area contributed by atoms with Crippen LogP contribution < -0.4 is 14.8 Å². The van der Waals surface area contributed by atoms with Crippen molar-refractivity contribution in [3.8, 4) is 22.8 Å². The molecule has 0 unspecified atom stereocenters. The molecule has 2 N–H and O–H groups in total. The molecule has 0 fully saturated rings. The molecule has 3 atom stereocenters. The number of thioether (sulfide) groups is 1. The molecule has 0 saturated heterocycles. The van der Waals surface area contributed by atoms with Gasteiger partial charge in [-0.15, -0.1) is 11.8 Å². The Kier molecular flexibility index (Phi) is 6.49. The number of hydrogen-bond donors (Lipinski definition) is 2. The van der Waals surface area contributed by atoms with Gasteiger partial charge in [-0.05, 0) is 48.0 Å². The smallest absolute Gasteiger partial charge is 0.228 e. The molecule has 6 rings (SSSR count). The third-order valence-electron chi connectivity index (χ3n) is 6.99. The normalized spacial score (nSPS) is 19.6. The van der Waals surface area contributed by atoms with Crippen molar-refractivity contribution in [2.75, 3.05) is 19.4 Å². The molecule has 2 aliphatic rings. The number of methoxy groups -OCH3 is 1. The van der Waals surface area contributed by atoms with Crippen molar-refractivity contribution >= 4 is 28.6 Å². The van der Waals surface area contributed by atoms with Gasteiger partial charge in [-0.3, -0.25) is 4.79 Å². The molecule has 37 heavy (non-hydrogen) atoms. The van der Waals surface area contributed by atoms with Crippen molar-refractivity contribution in [2.45, 2.75) is 16.9 Å². The fraction of sp³-hybridized carbons (Fsp3) is 0.194. The van der Waals surface area contributed by atoms with Crippen molar-refractivity contribution in [1.82, 2.24) is 10.3 Å². The van der Waals surface area contributed by atoms with Gasteiger partial charge in [0.05, 0.1) is 18.7 Å². The highest BCUT2D eigenvalue weighted by atomic mass is 32.2. The zero-order valence-corrected chi connectivity index (χ0v) is 21.3. The molecule has 6 heteroatoms. The number of para-hydroxylation sites is 2. The Morgan fingerprint density at radius 1 is 1.00 bits per heavy atom. The van der Waals surface area contributed by atoms with Gasteiger partial charge >= 0.3 is 0 Å². The largest absolute Gasteiger partial charge is 0.497 e. The molecule has 2 heterocycles. The Bertz CT molecular complexity index is 1490. The molecule has 5 nitrogen and oxygen atoms in total. The molecule has 0 bridgehead atoms. The molecule has 4 aromatic rings.